The van der Waals surface area contributed by atoms with Gasteiger partial charge in [0.1, 0.15) is 5.82 Å². The van der Waals surface area contributed by atoms with Crippen LogP contribution in [0.5, 0.6) is 0 Å². The Morgan fingerprint density at radius 1 is 1.13 bits per heavy atom. The van der Waals surface area contributed by atoms with Gasteiger partial charge in [0.15, 0.2) is 19.5 Å². The summed E-state index contributed by atoms with van der Waals surface area (Å²) < 4.78 is 5.37. The highest BCUT2D eigenvalue weighted by molar-refractivity contribution is 6.05. The van der Waals surface area contributed by atoms with Crippen LogP contribution >= 0.6 is 0 Å². The van der Waals surface area contributed by atoms with Gasteiger partial charge in [-0.05, 0) is 54.3 Å². The summed E-state index contributed by atoms with van der Waals surface area (Å²) in [6.07, 6.45) is 3.25. The van der Waals surface area contributed by atoms with Gasteiger partial charge in [0.05, 0.1) is 13.2 Å². The van der Waals surface area contributed by atoms with E-state index in [0.29, 0.717) is 11.6 Å². The van der Waals surface area contributed by atoms with Crippen LogP contribution in [0.1, 0.15) is 24.8 Å². The molecular formula is C21H27BN6O2. The van der Waals surface area contributed by atoms with Gasteiger partial charge in [0, 0.05) is 37.4 Å². The molecule has 0 bridgehead atoms. The first-order valence-corrected chi connectivity index (χ1v) is 10.5. The fourth-order valence-corrected chi connectivity index (χ4v) is 3.94. The van der Waals surface area contributed by atoms with Gasteiger partial charge >= 0.3 is 0 Å². The average Bonchev–Trinajstić information content (AvgIpc) is 2.76. The standard InChI is InChI=1S/C21H27BN6O2/c22-27-21(8-1-9-21)16-2-4-17(5-3-16)24-20-18(26-29)6-7-19(25-20)23-10-11-28-12-14-30-15-13-28/h2-7,27H,1,8-15H2,(H2,23,24,25). The quantitative estimate of drug-likeness (QED) is 0.436. The number of aromatic nitrogens is 1. The number of morpholine rings is 1. The number of rotatable bonds is 9. The number of ether oxygens (including phenoxy) is 1. The Morgan fingerprint density at radius 2 is 1.90 bits per heavy atom. The van der Waals surface area contributed by atoms with E-state index in [4.69, 9.17) is 12.7 Å². The molecule has 0 spiro atoms. The molecule has 1 aromatic carbocycles. The van der Waals surface area contributed by atoms with E-state index < -0.39 is 0 Å². The van der Waals surface area contributed by atoms with Crippen LogP contribution in [-0.4, -0.2) is 57.3 Å². The summed E-state index contributed by atoms with van der Waals surface area (Å²) in [7, 11) is 5.77. The lowest BCUT2D eigenvalue weighted by Crippen LogP contribution is -2.46. The molecule has 0 atom stereocenters. The molecule has 156 valence electrons. The zero-order valence-electron chi connectivity index (χ0n) is 17.1. The summed E-state index contributed by atoms with van der Waals surface area (Å²) in [5.74, 6) is 1.14. The highest BCUT2D eigenvalue weighted by Crippen LogP contribution is 2.41. The van der Waals surface area contributed by atoms with Crippen molar-refractivity contribution in [2.45, 2.75) is 24.8 Å². The summed E-state index contributed by atoms with van der Waals surface area (Å²) in [5, 5.41) is 12.6. The topological polar surface area (TPSA) is 90.9 Å². The Bertz CT molecular complexity index is 848. The molecule has 2 radical (unpaired) electrons. The van der Waals surface area contributed by atoms with E-state index in [-0.39, 0.29) is 11.2 Å². The zero-order valence-corrected chi connectivity index (χ0v) is 17.1. The van der Waals surface area contributed by atoms with Crippen LogP contribution in [0.3, 0.4) is 0 Å². The van der Waals surface area contributed by atoms with Crippen molar-refractivity contribution in [1.29, 1.82) is 0 Å². The fraction of sp³-hybridized carbons (Fsp3) is 0.476. The van der Waals surface area contributed by atoms with Crippen molar-refractivity contribution in [2.75, 3.05) is 50.0 Å². The maximum Gasteiger partial charge on any atom is 0.178 e. The maximum absolute atomic E-state index is 11.2. The molecule has 1 aliphatic heterocycles. The summed E-state index contributed by atoms with van der Waals surface area (Å²) in [6, 6.07) is 11.5. The fourth-order valence-electron chi connectivity index (χ4n) is 3.94. The van der Waals surface area contributed by atoms with E-state index in [1.54, 1.807) is 12.1 Å². The molecule has 1 saturated carbocycles. The minimum Gasteiger partial charge on any atom is -0.379 e. The third kappa shape index (κ3) is 4.64. The summed E-state index contributed by atoms with van der Waals surface area (Å²) in [5.41, 5.74) is 2.17. The molecule has 0 unspecified atom stereocenters. The van der Waals surface area contributed by atoms with Crippen LogP contribution in [0.15, 0.2) is 41.6 Å². The van der Waals surface area contributed by atoms with Gasteiger partial charge < -0.3 is 20.6 Å². The number of hydrogen-bond acceptors (Lipinski definition) is 8. The number of anilines is 3. The molecule has 9 heteroatoms. The summed E-state index contributed by atoms with van der Waals surface area (Å²) in [6.45, 7) is 5.16. The number of pyridine rings is 1. The zero-order chi connectivity index (χ0) is 20.8. The van der Waals surface area contributed by atoms with Crippen LogP contribution in [-0.2, 0) is 10.3 Å². The third-order valence-electron chi connectivity index (χ3n) is 5.99. The first-order valence-electron chi connectivity index (χ1n) is 10.5. The second kappa shape index (κ2) is 9.55. The normalized spacial score (nSPS) is 18.4. The minimum atomic E-state index is -0.114. The maximum atomic E-state index is 11.2. The lowest BCUT2D eigenvalue weighted by atomic mass is 9.71. The van der Waals surface area contributed by atoms with E-state index in [1.165, 1.54) is 12.0 Å². The second-order valence-corrected chi connectivity index (χ2v) is 7.82. The molecule has 2 heterocycles. The lowest BCUT2D eigenvalue weighted by Gasteiger charge is -2.43. The molecule has 1 aliphatic carbocycles. The van der Waals surface area contributed by atoms with Gasteiger partial charge in [0.25, 0.3) is 0 Å². The van der Waals surface area contributed by atoms with Crippen molar-refractivity contribution in [3.63, 3.8) is 0 Å². The molecular weight excluding hydrogens is 379 g/mol. The van der Waals surface area contributed by atoms with Gasteiger partial charge in [-0.2, -0.15) is 0 Å². The monoisotopic (exact) mass is 406 g/mol. The van der Waals surface area contributed by atoms with E-state index in [9.17, 15) is 4.91 Å². The second-order valence-electron chi connectivity index (χ2n) is 7.82. The number of nitroso groups, excluding NO2 is 1. The number of benzene rings is 1. The van der Waals surface area contributed by atoms with Gasteiger partial charge in [-0.15, -0.1) is 4.91 Å². The molecule has 3 N–H and O–H groups in total. The van der Waals surface area contributed by atoms with E-state index >= 15 is 0 Å². The average molecular weight is 406 g/mol. The largest absolute Gasteiger partial charge is 0.379 e. The van der Waals surface area contributed by atoms with Gasteiger partial charge in [-0.1, -0.05) is 12.1 Å². The first-order chi connectivity index (χ1) is 14.7. The van der Waals surface area contributed by atoms with Gasteiger partial charge in [-0.3, -0.25) is 4.90 Å². The Morgan fingerprint density at radius 3 is 2.53 bits per heavy atom. The van der Waals surface area contributed by atoms with Crippen molar-refractivity contribution in [3.05, 3.63) is 46.9 Å². The Hall–Kier alpha value is -2.49. The molecule has 4 rings (SSSR count). The Labute approximate surface area is 178 Å². The molecule has 8 nitrogen and oxygen atoms in total. The molecule has 0 amide bonds. The predicted molar refractivity (Wildman–Crippen MR) is 120 cm³/mol. The Balaban J connectivity index is 1.40. The molecule has 1 saturated heterocycles. The van der Waals surface area contributed by atoms with Crippen molar-refractivity contribution in [1.82, 2.24) is 15.1 Å². The molecule has 30 heavy (non-hydrogen) atoms. The molecule has 2 aliphatic rings. The van der Waals surface area contributed by atoms with E-state index in [2.05, 4.69) is 43.1 Å². The molecule has 1 aromatic heterocycles. The predicted octanol–water partition coefficient (Wildman–Crippen LogP) is 3.02. The molecule has 2 fully saturated rings. The smallest absolute Gasteiger partial charge is 0.178 e. The number of hydrogen-bond donors (Lipinski definition) is 3. The Kier molecular flexibility index (Phi) is 6.61. The van der Waals surface area contributed by atoms with Crippen molar-refractivity contribution < 1.29 is 4.74 Å². The molecule has 2 aromatic rings. The highest BCUT2D eigenvalue weighted by Gasteiger charge is 2.36. The summed E-state index contributed by atoms with van der Waals surface area (Å²) >= 11 is 0. The van der Waals surface area contributed by atoms with Gasteiger partial charge in [0.2, 0.25) is 0 Å². The summed E-state index contributed by atoms with van der Waals surface area (Å²) in [4.78, 5) is 18.1. The van der Waals surface area contributed by atoms with Crippen LogP contribution in [0, 0.1) is 4.91 Å². The number of nitrogens with zero attached hydrogens (tertiary/aromatic N) is 3. The van der Waals surface area contributed by atoms with Crippen LogP contribution in [0.25, 0.3) is 0 Å². The third-order valence-corrected chi connectivity index (χ3v) is 5.99. The van der Waals surface area contributed by atoms with Crippen LogP contribution in [0.2, 0.25) is 0 Å². The SMILES string of the molecule is [B]NC1(c2ccc(Nc3nc(NCCN4CCOCC4)ccc3N=O)cc2)CCC1. The van der Waals surface area contributed by atoms with E-state index in [0.717, 1.165) is 57.9 Å². The van der Waals surface area contributed by atoms with Gasteiger partial charge in [-0.25, -0.2) is 4.98 Å². The highest BCUT2D eigenvalue weighted by atomic mass is 16.5. The minimum absolute atomic E-state index is 0.114. The van der Waals surface area contributed by atoms with Crippen LogP contribution < -0.4 is 15.9 Å². The van der Waals surface area contributed by atoms with Crippen molar-refractivity contribution in [2.24, 2.45) is 5.18 Å². The van der Waals surface area contributed by atoms with Crippen LogP contribution in [0.4, 0.5) is 23.0 Å². The number of nitrogens with one attached hydrogen (secondary N) is 3. The van der Waals surface area contributed by atoms with E-state index in [1.807, 2.05) is 12.1 Å². The van der Waals surface area contributed by atoms with Crippen molar-refractivity contribution in [3.8, 4) is 0 Å². The first kappa shape index (κ1) is 20.8. The lowest BCUT2D eigenvalue weighted by molar-refractivity contribution is 0.0398. The van der Waals surface area contributed by atoms with Crippen molar-refractivity contribution >= 4 is 31.0 Å².